The molecule has 3 amide bonds. The Labute approximate surface area is 89.6 Å². The topological polar surface area (TPSA) is 72.2 Å². The number of imide groups is 1. The van der Waals surface area contributed by atoms with Crippen LogP contribution in [0.25, 0.3) is 0 Å². The zero-order valence-electron chi connectivity index (χ0n) is 7.50. The van der Waals surface area contributed by atoms with E-state index in [2.05, 4.69) is 15.9 Å². The number of urea groups is 1. The third-order valence-corrected chi connectivity index (χ3v) is 2.29. The summed E-state index contributed by atoms with van der Waals surface area (Å²) in [6.45, 7) is 1.85. The summed E-state index contributed by atoms with van der Waals surface area (Å²) in [5, 5.41) is 2.00. The minimum Gasteiger partial charge on any atom is -0.351 e. The Morgan fingerprint density at radius 2 is 2.07 bits per heavy atom. The maximum Gasteiger partial charge on any atom is 0.319 e. The number of primary amides is 1. The fourth-order valence-electron chi connectivity index (χ4n) is 0.992. The molecule has 0 aliphatic heterocycles. The number of amides is 3. The fraction of sp³-hybridized carbons (Fsp3) is 0.111. The molecule has 1 rings (SSSR count). The van der Waals surface area contributed by atoms with Crippen LogP contribution in [-0.4, -0.2) is 11.9 Å². The lowest BCUT2D eigenvalue weighted by molar-refractivity contribution is 0.0965. The molecule has 0 heterocycles. The summed E-state index contributed by atoms with van der Waals surface area (Å²) >= 11 is 3.21. The lowest BCUT2D eigenvalue weighted by Crippen LogP contribution is -2.35. The first-order chi connectivity index (χ1) is 6.50. The molecule has 0 aliphatic carbocycles. The zero-order chi connectivity index (χ0) is 10.7. The van der Waals surface area contributed by atoms with Crippen LogP contribution < -0.4 is 11.1 Å². The molecule has 0 atom stereocenters. The van der Waals surface area contributed by atoms with Crippen molar-refractivity contribution in [1.29, 1.82) is 0 Å². The lowest BCUT2D eigenvalue weighted by Gasteiger charge is -2.04. The summed E-state index contributed by atoms with van der Waals surface area (Å²) in [6.07, 6.45) is 0. The van der Waals surface area contributed by atoms with Crippen LogP contribution in [0.1, 0.15) is 15.9 Å². The van der Waals surface area contributed by atoms with Crippen molar-refractivity contribution in [2.24, 2.45) is 5.73 Å². The van der Waals surface area contributed by atoms with E-state index >= 15 is 0 Å². The third kappa shape index (κ3) is 2.56. The van der Waals surface area contributed by atoms with Crippen molar-refractivity contribution in [3.63, 3.8) is 0 Å². The van der Waals surface area contributed by atoms with E-state index in [-0.39, 0.29) is 0 Å². The van der Waals surface area contributed by atoms with E-state index in [1.165, 1.54) is 0 Å². The van der Waals surface area contributed by atoms with Gasteiger partial charge in [-0.3, -0.25) is 10.1 Å². The molecule has 0 aliphatic rings. The van der Waals surface area contributed by atoms with Crippen LogP contribution in [0.5, 0.6) is 0 Å². The number of nitrogens with one attached hydrogen (secondary N) is 1. The van der Waals surface area contributed by atoms with Crippen molar-refractivity contribution in [1.82, 2.24) is 5.32 Å². The van der Waals surface area contributed by atoms with Gasteiger partial charge in [0, 0.05) is 4.47 Å². The smallest absolute Gasteiger partial charge is 0.319 e. The summed E-state index contributed by atoms with van der Waals surface area (Å²) in [5.74, 6) is -0.506. The Morgan fingerprint density at radius 3 is 2.64 bits per heavy atom. The molecule has 4 nitrogen and oxygen atoms in total. The van der Waals surface area contributed by atoms with Gasteiger partial charge in [-0.1, -0.05) is 11.6 Å². The van der Waals surface area contributed by atoms with Crippen molar-refractivity contribution in [3.8, 4) is 0 Å². The number of aryl methyl sites for hydroxylation is 1. The first-order valence-electron chi connectivity index (χ1n) is 3.87. The van der Waals surface area contributed by atoms with Gasteiger partial charge in [0.2, 0.25) is 0 Å². The van der Waals surface area contributed by atoms with Gasteiger partial charge >= 0.3 is 6.03 Å². The number of rotatable bonds is 1. The largest absolute Gasteiger partial charge is 0.351 e. The zero-order valence-corrected chi connectivity index (χ0v) is 9.09. The summed E-state index contributed by atoms with van der Waals surface area (Å²) in [6, 6.07) is 4.40. The van der Waals surface area contributed by atoms with Gasteiger partial charge < -0.3 is 5.73 Å². The molecule has 0 unspecified atom stereocenters. The molecule has 0 fully saturated rings. The molecular weight excluding hydrogens is 248 g/mol. The first-order valence-corrected chi connectivity index (χ1v) is 4.67. The first kappa shape index (κ1) is 10.7. The molecule has 0 radical (unpaired) electrons. The van der Waals surface area contributed by atoms with Gasteiger partial charge in [-0.25, -0.2) is 4.79 Å². The molecule has 0 saturated carbocycles. The quantitative estimate of drug-likeness (QED) is 0.801. The van der Waals surface area contributed by atoms with Gasteiger partial charge in [-0.05, 0) is 35.0 Å². The van der Waals surface area contributed by atoms with E-state index in [0.29, 0.717) is 10.0 Å². The van der Waals surface area contributed by atoms with Gasteiger partial charge in [-0.15, -0.1) is 0 Å². The summed E-state index contributed by atoms with van der Waals surface area (Å²) in [4.78, 5) is 21.8. The Kier molecular flexibility index (Phi) is 3.24. The molecule has 3 N–H and O–H groups in total. The van der Waals surface area contributed by atoms with E-state index < -0.39 is 11.9 Å². The van der Waals surface area contributed by atoms with Gasteiger partial charge in [0.15, 0.2) is 0 Å². The van der Waals surface area contributed by atoms with E-state index in [1.54, 1.807) is 12.1 Å². The molecule has 0 aromatic heterocycles. The third-order valence-electron chi connectivity index (χ3n) is 1.60. The number of hydrogen-bond donors (Lipinski definition) is 2. The predicted molar refractivity (Wildman–Crippen MR) is 55.9 cm³/mol. The molecule has 5 heteroatoms. The van der Waals surface area contributed by atoms with Crippen LogP contribution in [0.15, 0.2) is 22.7 Å². The molecule has 14 heavy (non-hydrogen) atoms. The minimum absolute atomic E-state index is 0.392. The van der Waals surface area contributed by atoms with Crippen molar-refractivity contribution < 1.29 is 9.59 Å². The second-order valence-corrected chi connectivity index (χ2v) is 3.66. The summed E-state index contributed by atoms with van der Waals surface area (Å²) in [5.41, 5.74) is 6.16. The normalized spacial score (nSPS) is 9.57. The number of benzene rings is 1. The van der Waals surface area contributed by atoms with E-state index in [4.69, 9.17) is 5.73 Å². The molecule has 1 aromatic carbocycles. The Morgan fingerprint density at radius 1 is 1.43 bits per heavy atom. The maximum absolute atomic E-state index is 11.4. The van der Waals surface area contributed by atoms with Crippen molar-refractivity contribution in [2.75, 3.05) is 0 Å². The average molecular weight is 257 g/mol. The summed E-state index contributed by atoms with van der Waals surface area (Å²) in [7, 11) is 0. The highest BCUT2D eigenvalue weighted by Crippen LogP contribution is 2.17. The standard InChI is InChI=1S/C9H9BrN2O2/c1-5-2-3-7(10)6(4-5)8(13)12-9(11)14/h2-4H,1H3,(H3,11,12,13,14). The van der Waals surface area contributed by atoms with Gasteiger partial charge in [0.25, 0.3) is 5.91 Å². The monoisotopic (exact) mass is 256 g/mol. The highest BCUT2D eigenvalue weighted by atomic mass is 79.9. The van der Waals surface area contributed by atoms with E-state index in [9.17, 15) is 9.59 Å². The number of nitrogens with two attached hydrogens (primary N) is 1. The maximum atomic E-state index is 11.4. The van der Waals surface area contributed by atoms with Crippen LogP contribution in [0.2, 0.25) is 0 Å². The molecular formula is C9H9BrN2O2. The number of carbonyl (C=O) groups is 2. The molecule has 1 aromatic rings. The fourth-order valence-corrected chi connectivity index (χ4v) is 1.42. The number of halogens is 1. The Balaban J connectivity index is 3.00. The lowest BCUT2D eigenvalue weighted by atomic mass is 10.1. The molecule has 74 valence electrons. The molecule has 0 saturated heterocycles. The van der Waals surface area contributed by atoms with Gasteiger partial charge in [-0.2, -0.15) is 0 Å². The number of carbonyl (C=O) groups excluding carboxylic acids is 2. The summed E-state index contributed by atoms with van der Waals surface area (Å²) < 4.78 is 0.627. The molecule has 0 bridgehead atoms. The highest BCUT2D eigenvalue weighted by Gasteiger charge is 2.11. The van der Waals surface area contributed by atoms with Crippen molar-refractivity contribution >= 4 is 27.9 Å². The van der Waals surface area contributed by atoms with Crippen LogP contribution in [0, 0.1) is 6.92 Å². The van der Waals surface area contributed by atoms with Gasteiger partial charge in [0.1, 0.15) is 0 Å². The SMILES string of the molecule is Cc1ccc(Br)c(C(=O)NC(N)=O)c1. The minimum atomic E-state index is -0.858. The Bertz CT molecular complexity index is 390. The highest BCUT2D eigenvalue weighted by molar-refractivity contribution is 9.10. The van der Waals surface area contributed by atoms with Crippen LogP contribution >= 0.6 is 15.9 Å². The molecule has 0 spiro atoms. The predicted octanol–water partition coefficient (Wildman–Crippen LogP) is 1.57. The second kappa shape index (κ2) is 4.23. The van der Waals surface area contributed by atoms with Crippen molar-refractivity contribution in [3.05, 3.63) is 33.8 Å². The van der Waals surface area contributed by atoms with Crippen LogP contribution in [0.4, 0.5) is 4.79 Å². The Hall–Kier alpha value is -1.36. The van der Waals surface area contributed by atoms with E-state index in [1.807, 2.05) is 18.3 Å². The van der Waals surface area contributed by atoms with Crippen molar-refractivity contribution in [2.45, 2.75) is 6.92 Å². The van der Waals surface area contributed by atoms with Gasteiger partial charge in [0.05, 0.1) is 5.56 Å². The van der Waals surface area contributed by atoms with E-state index in [0.717, 1.165) is 5.56 Å². The van der Waals surface area contributed by atoms with Crippen LogP contribution in [0.3, 0.4) is 0 Å². The number of hydrogen-bond acceptors (Lipinski definition) is 2. The van der Waals surface area contributed by atoms with Crippen LogP contribution in [-0.2, 0) is 0 Å². The average Bonchev–Trinajstić information content (AvgIpc) is 2.08. The second-order valence-electron chi connectivity index (χ2n) is 2.80.